The standard InChI is InChI=1S/C10H16N2O2S/c1-9-5-3-6-11-10(9)12-7-4-8-15(2,13)14/h3,5-6H,4,7-8H2,1-2H3,(H,11,12). The van der Waals surface area contributed by atoms with Crippen LogP contribution in [0.25, 0.3) is 0 Å². The van der Waals surface area contributed by atoms with Gasteiger partial charge in [-0.1, -0.05) is 6.07 Å². The molecule has 0 spiro atoms. The molecule has 0 saturated heterocycles. The number of hydrogen-bond donors (Lipinski definition) is 1. The quantitative estimate of drug-likeness (QED) is 0.770. The summed E-state index contributed by atoms with van der Waals surface area (Å²) >= 11 is 0. The van der Waals surface area contributed by atoms with Crippen LogP contribution in [0.5, 0.6) is 0 Å². The Morgan fingerprint density at radius 1 is 1.47 bits per heavy atom. The van der Waals surface area contributed by atoms with Gasteiger partial charge in [-0.25, -0.2) is 13.4 Å². The first-order valence-electron chi connectivity index (χ1n) is 4.82. The van der Waals surface area contributed by atoms with Crippen molar-refractivity contribution >= 4 is 15.7 Å². The molecule has 0 radical (unpaired) electrons. The summed E-state index contributed by atoms with van der Waals surface area (Å²) in [5.74, 6) is 1.04. The van der Waals surface area contributed by atoms with E-state index in [0.29, 0.717) is 13.0 Å². The summed E-state index contributed by atoms with van der Waals surface area (Å²) in [4.78, 5) is 4.15. The molecule has 5 heteroatoms. The lowest BCUT2D eigenvalue weighted by Gasteiger charge is -2.06. The molecule has 0 bridgehead atoms. The number of aryl methyl sites for hydroxylation is 1. The van der Waals surface area contributed by atoms with Gasteiger partial charge in [0, 0.05) is 19.0 Å². The maximum Gasteiger partial charge on any atom is 0.147 e. The molecular weight excluding hydrogens is 212 g/mol. The minimum absolute atomic E-state index is 0.214. The average molecular weight is 228 g/mol. The highest BCUT2D eigenvalue weighted by Crippen LogP contribution is 2.08. The summed E-state index contributed by atoms with van der Waals surface area (Å²) < 4.78 is 21.7. The van der Waals surface area contributed by atoms with Crippen LogP contribution >= 0.6 is 0 Å². The number of sulfone groups is 1. The highest BCUT2D eigenvalue weighted by atomic mass is 32.2. The van der Waals surface area contributed by atoms with Crippen molar-refractivity contribution in [3.05, 3.63) is 23.9 Å². The van der Waals surface area contributed by atoms with E-state index in [4.69, 9.17) is 0 Å². The molecule has 1 heterocycles. The van der Waals surface area contributed by atoms with Gasteiger partial charge in [0.05, 0.1) is 5.75 Å². The number of nitrogens with one attached hydrogen (secondary N) is 1. The summed E-state index contributed by atoms with van der Waals surface area (Å²) in [6.45, 7) is 2.59. The van der Waals surface area contributed by atoms with Crippen molar-refractivity contribution < 1.29 is 8.42 Å². The third-order valence-electron chi connectivity index (χ3n) is 1.99. The van der Waals surface area contributed by atoms with E-state index in [0.717, 1.165) is 11.4 Å². The fourth-order valence-corrected chi connectivity index (χ4v) is 1.88. The smallest absolute Gasteiger partial charge is 0.147 e. The van der Waals surface area contributed by atoms with Gasteiger partial charge in [-0.3, -0.25) is 0 Å². The van der Waals surface area contributed by atoms with Gasteiger partial charge in [0.2, 0.25) is 0 Å². The second-order valence-electron chi connectivity index (χ2n) is 3.58. The zero-order valence-electron chi connectivity index (χ0n) is 9.03. The lowest BCUT2D eigenvalue weighted by molar-refractivity contribution is 0.600. The number of nitrogens with zero attached hydrogens (tertiary/aromatic N) is 1. The van der Waals surface area contributed by atoms with E-state index in [2.05, 4.69) is 10.3 Å². The normalized spacial score (nSPS) is 11.3. The van der Waals surface area contributed by atoms with Crippen LogP contribution < -0.4 is 5.32 Å². The van der Waals surface area contributed by atoms with Crippen LogP contribution in [-0.4, -0.2) is 32.0 Å². The number of hydrogen-bond acceptors (Lipinski definition) is 4. The second kappa shape index (κ2) is 5.11. The number of aromatic nitrogens is 1. The van der Waals surface area contributed by atoms with Crippen LogP contribution in [0.15, 0.2) is 18.3 Å². The highest BCUT2D eigenvalue weighted by Gasteiger charge is 2.02. The van der Waals surface area contributed by atoms with E-state index in [1.54, 1.807) is 6.20 Å². The van der Waals surface area contributed by atoms with E-state index >= 15 is 0 Å². The second-order valence-corrected chi connectivity index (χ2v) is 5.84. The molecule has 0 unspecified atom stereocenters. The lowest BCUT2D eigenvalue weighted by atomic mass is 10.3. The Morgan fingerprint density at radius 2 is 2.20 bits per heavy atom. The molecule has 4 nitrogen and oxygen atoms in total. The van der Waals surface area contributed by atoms with Gasteiger partial charge in [-0.05, 0) is 25.0 Å². The molecule has 0 aliphatic heterocycles. The minimum Gasteiger partial charge on any atom is -0.370 e. The van der Waals surface area contributed by atoms with Crippen molar-refractivity contribution in [2.75, 3.05) is 23.9 Å². The highest BCUT2D eigenvalue weighted by molar-refractivity contribution is 7.90. The number of pyridine rings is 1. The molecule has 0 saturated carbocycles. The SMILES string of the molecule is Cc1cccnc1NCCCS(C)(=O)=O. The van der Waals surface area contributed by atoms with Crippen LogP contribution in [0.4, 0.5) is 5.82 Å². The Hall–Kier alpha value is -1.10. The molecule has 0 aliphatic carbocycles. The molecule has 15 heavy (non-hydrogen) atoms. The average Bonchev–Trinajstić information content (AvgIpc) is 2.13. The molecule has 1 N–H and O–H groups in total. The Bertz CT molecular complexity index is 415. The van der Waals surface area contributed by atoms with Crippen LogP contribution in [-0.2, 0) is 9.84 Å². The molecular formula is C10H16N2O2S. The maximum atomic E-state index is 10.9. The van der Waals surface area contributed by atoms with E-state index in [-0.39, 0.29) is 5.75 Å². The third kappa shape index (κ3) is 4.78. The summed E-state index contributed by atoms with van der Waals surface area (Å²) in [5.41, 5.74) is 1.07. The molecule has 0 aromatic carbocycles. The van der Waals surface area contributed by atoms with Gasteiger partial charge in [-0.15, -0.1) is 0 Å². The topological polar surface area (TPSA) is 59.1 Å². The Kier molecular flexibility index (Phi) is 4.08. The molecule has 0 atom stereocenters. The van der Waals surface area contributed by atoms with Crippen LogP contribution in [0.2, 0.25) is 0 Å². The summed E-state index contributed by atoms with van der Waals surface area (Å²) in [7, 11) is -2.85. The summed E-state index contributed by atoms with van der Waals surface area (Å²) in [6, 6.07) is 3.84. The van der Waals surface area contributed by atoms with E-state index in [9.17, 15) is 8.42 Å². The molecule has 1 aromatic heterocycles. The van der Waals surface area contributed by atoms with E-state index in [1.807, 2.05) is 19.1 Å². The van der Waals surface area contributed by atoms with Gasteiger partial charge >= 0.3 is 0 Å². The van der Waals surface area contributed by atoms with E-state index in [1.165, 1.54) is 6.26 Å². The maximum absolute atomic E-state index is 10.9. The van der Waals surface area contributed by atoms with Crippen LogP contribution in [0.1, 0.15) is 12.0 Å². The van der Waals surface area contributed by atoms with Crippen LogP contribution in [0.3, 0.4) is 0 Å². The summed E-state index contributed by atoms with van der Waals surface area (Å²) in [6.07, 6.45) is 3.57. The fourth-order valence-electron chi connectivity index (χ4n) is 1.21. The van der Waals surface area contributed by atoms with E-state index < -0.39 is 9.84 Å². The van der Waals surface area contributed by atoms with Crippen molar-refractivity contribution in [2.45, 2.75) is 13.3 Å². The Labute approximate surface area is 90.7 Å². The zero-order chi connectivity index (χ0) is 11.3. The van der Waals surface area contributed by atoms with Crippen molar-refractivity contribution in [3.8, 4) is 0 Å². The molecule has 0 fully saturated rings. The predicted molar refractivity (Wildman–Crippen MR) is 61.8 cm³/mol. The first-order valence-corrected chi connectivity index (χ1v) is 6.88. The molecule has 0 aliphatic rings. The third-order valence-corrected chi connectivity index (χ3v) is 3.02. The molecule has 0 amide bonds. The van der Waals surface area contributed by atoms with Crippen molar-refractivity contribution in [1.82, 2.24) is 4.98 Å². The Balaban J connectivity index is 2.36. The molecule has 1 rings (SSSR count). The number of rotatable bonds is 5. The zero-order valence-corrected chi connectivity index (χ0v) is 9.84. The van der Waals surface area contributed by atoms with Gasteiger partial charge in [0.1, 0.15) is 15.7 Å². The Morgan fingerprint density at radius 3 is 2.80 bits per heavy atom. The largest absolute Gasteiger partial charge is 0.370 e. The summed E-state index contributed by atoms with van der Waals surface area (Å²) in [5, 5.41) is 3.11. The van der Waals surface area contributed by atoms with Crippen molar-refractivity contribution in [3.63, 3.8) is 0 Å². The lowest BCUT2D eigenvalue weighted by Crippen LogP contribution is -2.10. The van der Waals surface area contributed by atoms with Gasteiger partial charge in [-0.2, -0.15) is 0 Å². The first kappa shape index (κ1) is 12.0. The van der Waals surface area contributed by atoms with Crippen molar-refractivity contribution in [2.24, 2.45) is 0 Å². The predicted octanol–water partition coefficient (Wildman–Crippen LogP) is 1.24. The van der Waals surface area contributed by atoms with Gasteiger partial charge in [0.25, 0.3) is 0 Å². The first-order chi connectivity index (χ1) is 6.99. The molecule has 1 aromatic rings. The fraction of sp³-hybridized carbons (Fsp3) is 0.500. The monoisotopic (exact) mass is 228 g/mol. The van der Waals surface area contributed by atoms with Gasteiger partial charge < -0.3 is 5.32 Å². The number of anilines is 1. The van der Waals surface area contributed by atoms with Gasteiger partial charge in [0.15, 0.2) is 0 Å². The van der Waals surface area contributed by atoms with Crippen molar-refractivity contribution in [1.29, 1.82) is 0 Å². The molecule has 84 valence electrons. The van der Waals surface area contributed by atoms with Crippen LogP contribution in [0, 0.1) is 6.92 Å². The minimum atomic E-state index is -2.85.